The highest BCUT2D eigenvalue weighted by Crippen LogP contribution is 2.73. The molecule has 0 radical (unpaired) electrons. The molecule has 58 heavy (non-hydrogen) atoms. The normalized spacial score (nSPS) is 14.7. The van der Waals surface area contributed by atoms with Gasteiger partial charge in [0.25, 0.3) is 0 Å². The van der Waals surface area contributed by atoms with Gasteiger partial charge >= 0.3 is 39.6 Å². The van der Waals surface area contributed by atoms with E-state index in [0.29, 0.717) is 33.7 Å². The van der Waals surface area contributed by atoms with E-state index < -0.39 is 70.1 Å². The van der Waals surface area contributed by atoms with Gasteiger partial charge in [-0.1, -0.05) is 60.3 Å². The van der Waals surface area contributed by atoms with E-state index in [0.717, 1.165) is 79.5 Å². The van der Waals surface area contributed by atoms with Gasteiger partial charge in [-0.15, -0.1) is 0 Å². The van der Waals surface area contributed by atoms with E-state index in [-0.39, 0.29) is 16.4 Å². The van der Waals surface area contributed by atoms with Crippen molar-refractivity contribution in [2.45, 2.75) is 60.9 Å². The van der Waals surface area contributed by atoms with Crippen molar-refractivity contribution < 1.29 is 74.3 Å². The number of rotatable bonds is 13. The highest BCUT2D eigenvalue weighted by molar-refractivity contribution is 8.33. The number of carbonyl (C=O) groups is 1. The second kappa shape index (κ2) is 15.8. The lowest BCUT2D eigenvalue weighted by Gasteiger charge is -2.42. The molecule has 20 heteroatoms. The summed E-state index contributed by atoms with van der Waals surface area (Å²) in [4.78, 5) is 11.1. The highest BCUT2D eigenvalue weighted by Gasteiger charge is 2.86. The molecule has 5 aromatic carbocycles. The number of methoxy groups -OCH3 is 1. The molecule has 0 spiro atoms. The Labute approximate surface area is 328 Å². The maximum Gasteiger partial charge on any atom is 0.460 e. The van der Waals surface area contributed by atoms with Crippen LogP contribution in [-0.4, -0.2) is 44.6 Å². The summed E-state index contributed by atoms with van der Waals surface area (Å²) >= 11 is 0.965. The highest BCUT2D eigenvalue weighted by atomic mass is 32.3. The van der Waals surface area contributed by atoms with Gasteiger partial charge in [-0.05, 0) is 95.6 Å². The van der Waals surface area contributed by atoms with Gasteiger partial charge in [-0.3, -0.25) is 4.79 Å². The first-order valence-corrected chi connectivity index (χ1v) is 19.9. The number of alkyl halides is 12. The third-order valence-corrected chi connectivity index (χ3v) is 14.7. The number of ketones is 1. The molecule has 0 saturated heterocycles. The van der Waals surface area contributed by atoms with Crippen molar-refractivity contribution in [3.63, 3.8) is 0 Å². The van der Waals surface area contributed by atoms with E-state index in [9.17, 15) is 57.1 Å². The van der Waals surface area contributed by atoms with Crippen LogP contribution < -0.4 is 4.74 Å². The molecule has 0 aliphatic heterocycles. The number of hydrogen-bond acceptors (Lipinski definition) is 6. The SMILES string of the molecule is COc1ccc(S(OS(=O)(=O)C(F)(F)C(F)(F)C(F)(F)C(F)(F)F)(c2ccc(Sc3ccc(C)c(C(=O)c4ccccc4)c3)cc2)c2ccccc2C(F)(F)F)cc1. The molecular formula is C38H26F12O5S3. The Hall–Kier alpha value is -4.66. The molecule has 0 fully saturated rings. The molecule has 0 aliphatic carbocycles. The molecule has 0 saturated carbocycles. The van der Waals surface area contributed by atoms with Gasteiger partial charge in [0.1, 0.15) is 5.75 Å². The van der Waals surface area contributed by atoms with Crippen LogP contribution in [0.25, 0.3) is 0 Å². The van der Waals surface area contributed by atoms with Crippen molar-refractivity contribution in [1.29, 1.82) is 0 Å². The first-order valence-electron chi connectivity index (χ1n) is 16.1. The van der Waals surface area contributed by atoms with Crippen LogP contribution in [0.3, 0.4) is 0 Å². The van der Waals surface area contributed by atoms with Crippen LogP contribution in [0, 0.1) is 6.92 Å². The Bertz CT molecular complexity index is 2390. The number of halogens is 12. The lowest BCUT2D eigenvalue weighted by Crippen LogP contribution is -2.63. The minimum absolute atomic E-state index is 0.0549. The third kappa shape index (κ3) is 8.02. The van der Waals surface area contributed by atoms with E-state index in [1.54, 1.807) is 49.4 Å². The van der Waals surface area contributed by atoms with E-state index in [4.69, 9.17) is 8.37 Å². The Morgan fingerprint density at radius 1 is 0.621 bits per heavy atom. The zero-order valence-corrected chi connectivity index (χ0v) is 31.8. The van der Waals surface area contributed by atoms with E-state index in [1.807, 2.05) is 0 Å². The smallest absolute Gasteiger partial charge is 0.460 e. The van der Waals surface area contributed by atoms with E-state index in [1.165, 1.54) is 6.07 Å². The molecule has 0 heterocycles. The topological polar surface area (TPSA) is 69.7 Å². The zero-order valence-electron chi connectivity index (χ0n) is 29.3. The van der Waals surface area contributed by atoms with Gasteiger partial charge in [0, 0.05) is 35.6 Å². The van der Waals surface area contributed by atoms with Crippen LogP contribution >= 0.6 is 22.1 Å². The van der Waals surface area contributed by atoms with Crippen molar-refractivity contribution in [2.24, 2.45) is 0 Å². The maximum absolute atomic E-state index is 15.4. The minimum Gasteiger partial charge on any atom is -0.497 e. The summed E-state index contributed by atoms with van der Waals surface area (Å²) in [6.45, 7) is 1.68. The molecule has 5 rings (SSSR count). The monoisotopic (exact) mass is 886 g/mol. The summed E-state index contributed by atoms with van der Waals surface area (Å²) < 4.78 is 208. The van der Waals surface area contributed by atoms with E-state index >= 15 is 8.78 Å². The predicted octanol–water partition coefficient (Wildman–Crippen LogP) is 12.4. The molecule has 1 atom stereocenters. The molecule has 310 valence electrons. The summed E-state index contributed by atoms with van der Waals surface area (Å²) in [5.41, 5.74) is -0.500. The maximum atomic E-state index is 15.4. The molecule has 0 aliphatic rings. The largest absolute Gasteiger partial charge is 0.497 e. The van der Waals surface area contributed by atoms with Crippen molar-refractivity contribution in [1.82, 2.24) is 0 Å². The molecule has 0 N–H and O–H groups in total. The van der Waals surface area contributed by atoms with Crippen LogP contribution in [0.1, 0.15) is 27.0 Å². The Kier molecular flexibility index (Phi) is 12.1. The van der Waals surface area contributed by atoms with Crippen molar-refractivity contribution >= 4 is 38.0 Å². The summed E-state index contributed by atoms with van der Waals surface area (Å²) in [6.07, 6.45) is -12.9. The summed E-state index contributed by atoms with van der Waals surface area (Å²) in [5, 5.41) is -7.42. The lowest BCUT2D eigenvalue weighted by atomic mass is 9.99. The average Bonchev–Trinajstić information content (AvgIpc) is 3.17. The molecule has 5 nitrogen and oxygen atoms in total. The third-order valence-electron chi connectivity index (χ3n) is 8.40. The fourth-order valence-corrected chi connectivity index (χ4v) is 11.6. The number of carbonyl (C=O) groups excluding carboxylic acids is 1. The molecule has 1 unspecified atom stereocenters. The average molecular weight is 887 g/mol. The molecule has 0 bridgehead atoms. The zero-order chi connectivity index (χ0) is 43.1. The van der Waals surface area contributed by atoms with Crippen molar-refractivity contribution in [2.75, 3.05) is 7.11 Å². The number of hydrogen-bond donors (Lipinski definition) is 0. The fourth-order valence-electron chi connectivity index (χ4n) is 5.41. The van der Waals surface area contributed by atoms with Crippen molar-refractivity contribution in [3.05, 3.63) is 144 Å². The Morgan fingerprint density at radius 2 is 1.14 bits per heavy atom. The first-order chi connectivity index (χ1) is 26.8. The predicted molar refractivity (Wildman–Crippen MR) is 189 cm³/mol. The standard InChI is InChI=1S/C38H26F12O5S3/c1-23-12-15-27(22-30(23)33(51)24-8-4-3-5-9-24)56-26-16-20-29(21-17-26)57(28-18-13-25(54-2)14-19-28,32-11-7-6-10-31(32)34(39,40)41)55-58(52,53)38(49,50)36(44,45)35(42,43)37(46,47)48/h3-22H,1-2H3. The summed E-state index contributed by atoms with van der Waals surface area (Å²) in [5.74, 6) is -15.8. The molecule has 0 amide bonds. The van der Waals surface area contributed by atoms with Gasteiger partial charge in [0.2, 0.25) is 0 Å². The first kappa shape index (κ1) is 44.4. The minimum atomic E-state index is -7.80. The second-order valence-electron chi connectivity index (χ2n) is 12.2. The van der Waals surface area contributed by atoms with Gasteiger partial charge in [0.05, 0.1) is 12.7 Å². The quantitative estimate of drug-likeness (QED) is 0.0866. The lowest BCUT2D eigenvalue weighted by molar-refractivity contribution is -0.382. The number of benzene rings is 5. The molecular weight excluding hydrogens is 861 g/mol. The van der Waals surface area contributed by atoms with Crippen LogP contribution in [0.15, 0.2) is 146 Å². The van der Waals surface area contributed by atoms with Crippen LogP contribution in [0.5, 0.6) is 5.75 Å². The summed E-state index contributed by atoms with van der Waals surface area (Å²) in [7, 11) is -11.7. The van der Waals surface area contributed by atoms with Crippen LogP contribution in [0.2, 0.25) is 0 Å². The molecule has 5 aromatic rings. The Balaban J connectivity index is 1.73. The summed E-state index contributed by atoms with van der Waals surface area (Å²) in [6, 6.07) is 23.2. The van der Waals surface area contributed by atoms with E-state index in [2.05, 4.69) is 0 Å². The van der Waals surface area contributed by atoms with Crippen LogP contribution in [-0.2, 0) is 19.9 Å². The molecule has 0 aromatic heterocycles. The van der Waals surface area contributed by atoms with Crippen molar-refractivity contribution in [3.8, 4) is 5.75 Å². The second-order valence-corrected chi connectivity index (χ2v) is 17.8. The van der Waals surface area contributed by atoms with Gasteiger partial charge < -0.3 is 4.74 Å². The fraction of sp³-hybridized carbons (Fsp3) is 0.184. The van der Waals surface area contributed by atoms with Gasteiger partial charge in [0.15, 0.2) is 5.78 Å². The number of aryl methyl sites for hydroxylation is 1. The van der Waals surface area contributed by atoms with Crippen LogP contribution in [0.4, 0.5) is 52.7 Å². The van der Waals surface area contributed by atoms with Gasteiger partial charge in [-0.2, -0.15) is 61.1 Å². The van der Waals surface area contributed by atoms with Gasteiger partial charge in [-0.25, -0.2) is 3.63 Å². The number of ether oxygens (including phenoxy) is 1. The Morgan fingerprint density at radius 3 is 1.67 bits per heavy atom.